The van der Waals surface area contributed by atoms with E-state index in [0.717, 1.165) is 23.4 Å². The minimum atomic E-state index is -0.0516. The number of aromatic nitrogens is 2. The summed E-state index contributed by atoms with van der Waals surface area (Å²) in [4.78, 5) is 0. The maximum Gasteiger partial charge on any atom is 0.105 e. The van der Waals surface area contributed by atoms with Gasteiger partial charge in [-0.25, -0.2) is 0 Å². The maximum atomic E-state index is 6.15. The van der Waals surface area contributed by atoms with E-state index in [1.54, 1.807) is 6.26 Å². The summed E-state index contributed by atoms with van der Waals surface area (Å²) >= 11 is 0. The van der Waals surface area contributed by atoms with Gasteiger partial charge in [-0.05, 0) is 32.9 Å². The van der Waals surface area contributed by atoms with Crippen LogP contribution in [0.5, 0.6) is 0 Å². The van der Waals surface area contributed by atoms with E-state index in [2.05, 4.69) is 18.9 Å². The first kappa shape index (κ1) is 11.9. The van der Waals surface area contributed by atoms with Crippen molar-refractivity contribution in [2.75, 3.05) is 0 Å². The fourth-order valence-electron chi connectivity index (χ4n) is 1.89. The third-order valence-electron chi connectivity index (χ3n) is 2.92. The molecule has 0 aliphatic heterocycles. The average Bonchev–Trinajstić information content (AvgIpc) is 2.86. The van der Waals surface area contributed by atoms with E-state index in [4.69, 9.17) is 10.2 Å². The topological polar surface area (TPSA) is 57.0 Å². The number of aryl methyl sites for hydroxylation is 1. The highest BCUT2D eigenvalue weighted by atomic mass is 16.3. The van der Waals surface area contributed by atoms with E-state index in [-0.39, 0.29) is 6.04 Å². The lowest BCUT2D eigenvalue weighted by molar-refractivity contribution is 0.515. The first-order valence-electron chi connectivity index (χ1n) is 5.91. The molecule has 0 amide bonds. The summed E-state index contributed by atoms with van der Waals surface area (Å²) in [5.41, 5.74) is 8.23. The summed E-state index contributed by atoms with van der Waals surface area (Å²) in [6, 6.07) is 4.29. The van der Waals surface area contributed by atoms with Crippen LogP contribution in [0.3, 0.4) is 0 Å². The van der Waals surface area contributed by atoms with Gasteiger partial charge in [0.25, 0.3) is 0 Å². The molecule has 0 radical (unpaired) electrons. The van der Waals surface area contributed by atoms with Gasteiger partial charge in [0.2, 0.25) is 0 Å². The van der Waals surface area contributed by atoms with Crippen LogP contribution in [-0.2, 0) is 6.42 Å². The number of nitrogens with two attached hydrogens (primary N) is 1. The molecule has 4 heteroatoms. The molecule has 1 unspecified atom stereocenters. The molecule has 0 saturated heterocycles. The van der Waals surface area contributed by atoms with Gasteiger partial charge in [-0.3, -0.25) is 4.68 Å². The molecule has 2 N–H and O–H groups in total. The molecule has 0 aliphatic rings. The van der Waals surface area contributed by atoms with Crippen molar-refractivity contribution in [2.24, 2.45) is 5.73 Å². The number of furan rings is 1. The van der Waals surface area contributed by atoms with Crippen LogP contribution in [0.2, 0.25) is 0 Å². The maximum absolute atomic E-state index is 6.15. The lowest BCUT2D eigenvalue weighted by atomic mass is 10.0. The molecule has 0 aromatic carbocycles. The van der Waals surface area contributed by atoms with Crippen LogP contribution >= 0.6 is 0 Å². The van der Waals surface area contributed by atoms with Gasteiger partial charge in [0, 0.05) is 30.3 Å². The molecule has 0 saturated carbocycles. The molecule has 2 rings (SSSR count). The van der Waals surface area contributed by atoms with Gasteiger partial charge >= 0.3 is 0 Å². The lowest BCUT2D eigenvalue weighted by Crippen LogP contribution is -2.14. The lowest BCUT2D eigenvalue weighted by Gasteiger charge is -2.09. The summed E-state index contributed by atoms with van der Waals surface area (Å²) in [7, 11) is 0. The molecule has 0 aliphatic carbocycles. The quantitative estimate of drug-likeness (QED) is 0.883. The molecule has 1 atom stereocenters. The van der Waals surface area contributed by atoms with Crippen molar-refractivity contribution in [2.45, 2.75) is 39.3 Å². The summed E-state index contributed by atoms with van der Waals surface area (Å²) in [6.45, 7) is 6.15. The van der Waals surface area contributed by atoms with Crippen LogP contribution < -0.4 is 5.73 Å². The van der Waals surface area contributed by atoms with Crippen LogP contribution in [0.1, 0.15) is 42.9 Å². The first-order valence-corrected chi connectivity index (χ1v) is 5.91. The second-order valence-electron chi connectivity index (χ2n) is 4.62. The van der Waals surface area contributed by atoms with Crippen molar-refractivity contribution in [1.82, 2.24) is 9.78 Å². The largest absolute Gasteiger partial charge is 0.469 e. The monoisotopic (exact) mass is 233 g/mol. The molecule has 2 aromatic heterocycles. The van der Waals surface area contributed by atoms with Crippen molar-refractivity contribution in [3.05, 3.63) is 41.6 Å². The van der Waals surface area contributed by atoms with E-state index < -0.39 is 0 Å². The van der Waals surface area contributed by atoms with Crippen molar-refractivity contribution < 1.29 is 4.42 Å². The highest BCUT2D eigenvalue weighted by Gasteiger charge is 2.13. The Morgan fingerprint density at radius 1 is 1.41 bits per heavy atom. The first-order chi connectivity index (χ1) is 8.08. The normalized spacial score (nSPS) is 13.2. The minimum absolute atomic E-state index is 0.0516. The fraction of sp³-hybridized carbons (Fsp3) is 0.462. The predicted octanol–water partition coefficient (Wildman–Crippen LogP) is 2.61. The second-order valence-corrected chi connectivity index (χ2v) is 4.62. The summed E-state index contributed by atoms with van der Waals surface area (Å²) in [5, 5.41) is 4.50. The van der Waals surface area contributed by atoms with E-state index in [0.29, 0.717) is 6.04 Å². The Morgan fingerprint density at radius 3 is 2.71 bits per heavy atom. The zero-order valence-electron chi connectivity index (χ0n) is 10.6. The molecular formula is C13H19N3O. The van der Waals surface area contributed by atoms with Crippen molar-refractivity contribution in [1.29, 1.82) is 0 Å². The molecule has 17 heavy (non-hydrogen) atoms. The summed E-state index contributed by atoms with van der Waals surface area (Å²) < 4.78 is 7.21. The Labute approximate surface area is 101 Å². The zero-order valence-corrected chi connectivity index (χ0v) is 10.6. The molecular weight excluding hydrogens is 214 g/mol. The number of nitrogens with zero attached hydrogens (tertiary/aromatic N) is 2. The highest BCUT2D eigenvalue weighted by Crippen LogP contribution is 2.20. The Hall–Kier alpha value is -1.55. The Kier molecular flexibility index (Phi) is 3.33. The number of rotatable bonds is 4. The van der Waals surface area contributed by atoms with Crippen LogP contribution in [0.15, 0.2) is 29.0 Å². The van der Waals surface area contributed by atoms with Crippen LogP contribution in [0.25, 0.3) is 0 Å². The van der Waals surface area contributed by atoms with Gasteiger partial charge in [-0.1, -0.05) is 0 Å². The van der Waals surface area contributed by atoms with Gasteiger partial charge in [0.15, 0.2) is 0 Å². The SMILES string of the molecule is Cc1occc1C(N)Cc1ccn(C(C)C)n1. The Balaban J connectivity index is 2.08. The van der Waals surface area contributed by atoms with E-state index in [1.165, 1.54) is 0 Å². The smallest absolute Gasteiger partial charge is 0.105 e. The molecule has 92 valence electrons. The predicted molar refractivity (Wildman–Crippen MR) is 66.7 cm³/mol. The van der Waals surface area contributed by atoms with Crippen LogP contribution in [0.4, 0.5) is 0 Å². The van der Waals surface area contributed by atoms with Gasteiger partial charge < -0.3 is 10.2 Å². The van der Waals surface area contributed by atoms with E-state index in [9.17, 15) is 0 Å². The van der Waals surface area contributed by atoms with Crippen molar-refractivity contribution >= 4 is 0 Å². The Bertz CT molecular complexity index is 484. The molecule has 0 bridgehead atoms. The van der Waals surface area contributed by atoms with Gasteiger partial charge in [-0.2, -0.15) is 5.10 Å². The van der Waals surface area contributed by atoms with Gasteiger partial charge in [0.1, 0.15) is 5.76 Å². The van der Waals surface area contributed by atoms with E-state index >= 15 is 0 Å². The molecule has 0 spiro atoms. The fourth-order valence-corrected chi connectivity index (χ4v) is 1.89. The average molecular weight is 233 g/mol. The standard InChI is InChI=1S/C13H19N3O/c1-9(2)16-6-4-11(15-16)8-13(14)12-5-7-17-10(12)3/h4-7,9,13H,8,14H2,1-3H3. The number of hydrogen-bond acceptors (Lipinski definition) is 3. The number of hydrogen-bond donors (Lipinski definition) is 1. The van der Waals surface area contributed by atoms with Crippen molar-refractivity contribution in [3.63, 3.8) is 0 Å². The summed E-state index contributed by atoms with van der Waals surface area (Å²) in [6.07, 6.45) is 4.41. The van der Waals surface area contributed by atoms with Gasteiger partial charge in [-0.15, -0.1) is 0 Å². The summed E-state index contributed by atoms with van der Waals surface area (Å²) in [5.74, 6) is 0.890. The van der Waals surface area contributed by atoms with Gasteiger partial charge in [0.05, 0.1) is 12.0 Å². The third-order valence-corrected chi connectivity index (χ3v) is 2.92. The highest BCUT2D eigenvalue weighted by molar-refractivity contribution is 5.21. The van der Waals surface area contributed by atoms with Crippen LogP contribution in [-0.4, -0.2) is 9.78 Å². The third kappa shape index (κ3) is 2.58. The molecule has 4 nitrogen and oxygen atoms in total. The van der Waals surface area contributed by atoms with Crippen molar-refractivity contribution in [3.8, 4) is 0 Å². The molecule has 0 fully saturated rings. The zero-order chi connectivity index (χ0) is 12.4. The molecule has 2 aromatic rings. The molecule has 2 heterocycles. The Morgan fingerprint density at radius 2 is 2.18 bits per heavy atom. The van der Waals surface area contributed by atoms with E-state index in [1.807, 2.05) is 29.9 Å². The van der Waals surface area contributed by atoms with Crippen LogP contribution in [0, 0.1) is 6.92 Å². The second kappa shape index (κ2) is 4.75. The minimum Gasteiger partial charge on any atom is -0.469 e.